The smallest absolute Gasteiger partial charge is 0.257 e. The largest absolute Gasteiger partial charge is 0.460 e. The number of benzene rings is 1. The summed E-state index contributed by atoms with van der Waals surface area (Å²) < 4.78 is 5.77. The van der Waals surface area contributed by atoms with Crippen LogP contribution in [0.4, 0.5) is 0 Å². The number of rotatable bonds is 3. The molecule has 1 amide bonds. The number of nitrogens with zero attached hydrogens (tertiary/aromatic N) is 1. The number of hydrogen-bond acceptors (Lipinski definition) is 3. The lowest BCUT2D eigenvalue weighted by molar-refractivity contribution is 0.0501. The molecule has 0 radical (unpaired) electrons. The molecule has 0 bridgehead atoms. The Morgan fingerprint density at radius 2 is 2.17 bits per heavy atom. The van der Waals surface area contributed by atoms with Gasteiger partial charge in [-0.2, -0.15) is 0 Å². The number of aryl methyl sites for hydroxylation is 1. The molecule has 0 saturated carbocycles. The highest BCUT2D eigenvalue weighted by Crippen LogP contribution is 2.32. The molecule has 1 aromatic heterocycles. The average molecular weight is 334 g/mol. The molecular weight excluding hydrogens is 314 g/mol. The molecule has 23 heavy (non-hydrogen) atoms. The fraction of sp³-hybridized carbons (Fsp3) is 0.389. The van der Waals surface area contributed by atoms with Crippen molar-refractivity contribution >= 4 is 17.5 Å². The van der Waals surface area contributed by atoms with E-state index in [4.69, 9.17) is 16.0 Å². The molecule has 1 aliphatic rings. The molecule has 1 saturated heterocycles. The van der Waals surface area contributed by atoms with Gasteiger partial charge < -0.3 is 14.4 Å². The van der Waals surface area contributed by atoms with Crippen LogP contribution >= 0.6 is 11.6 Å². The normalized spacial score (nSPS) is 18.2. The molecule has 4 nitrogen and oxygen atoms in total. The molecule has 1 aromatic carbocycles. The minimum atomic E-state index is -0.102. The highest BCUT2D eigenvalue weighted by atomic mass is 35.5. The van der Waals surface area contributed by atoms with E-state index in [2.05, 4.69) is 0 Å². The summed E-state index contributed by atoms with van der Waals surface area (Å²) in [5, 5.41) is 10.1. The fourth-order valence-corrected chi connectivity index (χ4v) is 3.33. The lowest BCUT2D eigenvalue weighted by Gasteiger charge is -2.34. The second-order valence-corrected chi connectivity index (χ2v) is 6.30. The maximum atomic E-state index is 12.8. The van der Waals surface area contributed by atoms with E-state index in [0.29, 0.717) is 28.7 Å². The van der Waals surface area contributed by atoms with Gasteiger partial charge in [0.1, 0.15) is 11.5 Å². The minimum Gasteiger partial charge on any atom is -0.460 e. The summed E-state index contributed by atoms with van der Waals surface area (Å²) in [5.74, 6) is 1.09. The number of amides is 1. The van der Waals surface area contributed by atoms with Crippen molar-refractivity contribution in [3.63, 3.8) is 0 Å². The third-order valence-electron chi connectivity index (χ3n) is 4.39. The Balaban J connectivity index is 1.92. The second-order valence-electron chi connectivity index (χ2n) is 5.89. The average Bonchev–Trinajstić information content (AvgIpc) is 2.96. The number of halogens is 1. The van der Waals surface area contributed by atoms with E-state index in [1.165, 1.54) is 0 Å². The van der Waals surface area contributed by atoms with E-state index in [-0.39, 0.29) is 18.6 Å². The van der Waals surface area contributed by atoms with Crippen LogP contribution in [0.3, 0.4) is 0 Å². The molecule has 1 aliphatic heterocycles. The maximum Gasteiger partial charge on any atom is 0.257 e. The van der Waals surface area contributed by atoms with Gasteiger partial charge in [-0.15, -0.1) is 0 Å². The molecule has 2 aromatic rings. The lowest BCUT2D eigenvalue weighted by Crippen LogP contribution is -2.45. The summed E-state index contributed by atoms with van der Waals surface area (Å²) in [4.78, 5) is 14.6. The first kappa shape index (κ1) is 16.1. The Bertz CT molecular complexity index is 710. The third kappa shape index (κ3) is 3.14. The molecular formula is C18H20ClNO3. The van der Waals surface area contributed by atoms with Crippen molar-refractivity contribution in [3.8, 4) is 11.3 Å². The van der Waals surface area contributed by atoms with Crippen LogP contribution in [0, 0.1) is 6.92 Å². The number of aliphatic hydroxyl groups is 1. The topological polar surface area (TPSA) is 53.7 Å². The van der Waals surface area contributed by atoms with Crippen LogP contribution in [0.15, 0.2) is 34.7 Å². The Labute approximate surface area is 140 Å². The highest BCUT2D eigenvalue weighted by molar-refractivity contribution is 6.33. The van der Waals surface area contributed by atoms with Crippen LogP contribution in [-0.2, 0) is 0 Å². The van der Waals surface area contributed by atoms with Gasteiger partial charge in [-0.25, -0.2) is 0 Å². The number of carbonyl (C=O) groups excluding carboxylic acids is 1. The first-order chi connectivity index (χ1) is 11.1. The molecule has 1 N–H and O–H groups in total. The van der Waals surface area contributed by atoms with Gasteiger partial charge in [-0.1, -0.05) is 23.7 Å². The van der Waals surface area contributed by atoms with Crippen LogP contribution in [0.25, 0.3) is 11.3 Å². The predicted octanol–water partition coefficient (Wildman–Crippen LogP) is 3.90. The first-order valence-corrected chi connectivity index (χ1v) is 8.26. The molecule has 2 heterocycles. The van der Waals surface area contributed by atoms with Crippen molar-refractivity contribution in [2.75, 3.05) is 13.2 Å². The fourth-order valence-electron chi connectivity index (χ4n) is 3.10. The number of hydrogen-bond donors (Lipinski definition) is 1. The van der Waals surface area contributed by atoms with Crippen LogP contribution < -0.4 is 0 Å². The molecule has 5 heteroatoms. The van der Waals surface area contributed by atoms with E-state index in [1.54, 1.807) is 24.0 Å². The minimum absolute atomic E-state index is 0.00000953. The second kappa shape index (κ2) is 6.77. The molecule has 122 valence electrons. The molecule has 0 aliphatic carbocycles. The molecule has 1 unspecified atom stereocenters. The standard InChI is InChI=1S/C18H20ClNO3/c1-12-15(18(22)20-9-5-4-6-13(20)11-21)10-17(23-12)14-7-2-3-8-16(14)19/h2-3,7-8,10,13,21H,4-6,9,11H2,1H3. The summed E-state index contributed by atoms with van der Waals surface area (Å²) >= 11 is 6.21. The number of piperidine rings is 1. The van der Waals surface area contributed by atoms with E-state index < -0.39 is 0 Å². The molecule has 1 fully saturated rings. The number of aliphatic hydroxyl groups excluding tert-OH is 1. The monoisotopic (exact) mass is 333 g/mol. The third-order valence-corrected chi connectivity index (χ3v) is 4.72. The summed E-state index contributed by atoms with van der Waals surface area (Å²) in [6.07, 6.45) is 2.86. The van der Waals surface area contributed by atoms with Crippen LogP contribution in [0.5, 0.6) is 0 Å². The van der Waals surface area contributed by atoms with Crippen LogP contribution in [-0.4, -0.2) is 35.1 Å². The highest BCUT2D eigenvalue weighted by Gasteiger charge is 2.29. The molecule has 3 rings (SSSR count). The van der Waals surface area contributed by atoms with Gasteiger partial charge in [0.15, 0.2) is 0 Å². The molecule has 1 atom stereocenters. The van der Waals surface area contributed by atoms with Gasteiger partial charge >= 0.3 is 0 Å². The number of furan rings is 1. The van der Waals surface area contributed by atoms with Crippen LogP contribution in [0.2, 0.25) is 5.02 Å². The lowest BCUT2D eigenvalue weighted by atomic mass is 10.0. The quantitative estimate of drug-likeness (QED) is 0.927. The Morgan fingerprint density at radius 1 is 1.39 bits per heavy atom. The van der Waals surface area contributed by atoms with Gasteiger partial charge in [0, 0.05) is 12.1 Å². The predicted molar refractivity (Wildman–Crippen MR) is 89.7 cm³/mol. The van der Waals surface area contributed by atoms with E-state index in [9.17, 15) is 9.90 Å². The Hall–Kier alpha value is -1.78. The van der Waals surface area contributed by atoms with Crippen molar-refractivity contribution in [1.82, 2.24) is 4.90 Å². The van der Waals surface area contributed by atoms with Crippen molar-refractivity contribution < 1.29 is 14.3 Å². The zero-order chi connectivity index (χ0) is 16.4. The van der Waals surface area contributed by atoms with Gasteiger partial charge in [-0.3, -0.25) is 4.79 Å². The summed E-state index contributed by atoms with van der Waals surface area (Å²) in [7, 11) is 0. The SMILES string of the molecule is Cc1oc(-c2ccccc2Cl)cc1C(=O)N1CCCCC1CO. The zero-order valence-electron chi connectivity index (χ0n) is 13.1. The van der Waals surface area contributed by atoms with Gasteiger partial charge in [-0.05, 0) is 44.4 Å². The summed E-state index contributed by atoms with van der Waals surface area (Å²) in [6, 6.07) is 9.05. The Kier molecular flexibility index (Phi) is 4.74. The summed E-state index contributed by atoms with van der Waals surface area (Å²) in [6.45, 7) is 2.46. The van der Waals surface area contributed by atoms with E-state index in [0.717, 1.165) is 24.8 Å². The van der Waals surface area contributed by atoms with Crippen molar-refractivity contribution in [3.05, 3.63) is 46.7 Å². The maximum absolute atomic E-state index is 12.8. The van der Waals surface area contributed by atoms with E-state index in [1.807, 2.05) is 18.2 Å². The number of carbonyl (C=O) groups is 1. The Morgan fingerprint density at radius 3 is 2.91 bits per heavy atom. The van der Waals surface area contributed by atoms with Crippen molar-refractivity contribution in [1.29, 1.82) is 0 Å². The van der Waals surface area contributed by atoms with E-state index >= 15 is 0 Å². The molecule has 0 spiro atoms. The number of likely N-dealkylation sites (tertiary alicyclic amines) is 1. The van der Waals surface area contributed by atoms with Crippen LogP contribution in [0.1, 0.15) is 35.4 Å². The van der Waals surface area contributed by atoms with Gasteiger partial charge in [0.2, 0.25) is 0 Å². The van der Waals surface area contributed by atoms with Crippen molar-refractivity contribution in [2.24, 2.45) is 0 Å². The zero-order valence-corrected chi connectivity index (χ0v) is 13.8. The first-order valence-electron chi connectivity index (χ1n) is 7.89. The summed E-state index contributed by atoms with van der Waals surface area (Å²) in [5.41, 5.74) is 1.31. The van der Waals surface area contributed by atoms with Gasteiger partial charge in [0.25, 0.3) is 5.91 Å². The van der Waals surface area contributed by atoms with Crippen molar-refractivity contribution in [2.45, 2.75) is 32.2 Å². The van der Waals surface area contributed by atoms with Gasteiger partial charge in [0.05, 0.1) is 23.2 Å².